The molecule has 2 aromatic heterocycles. The molecule has 1 amide bonds. The van der Waals surface area contributed by atoms with E-state index in [1.165, 1.54) is 0 Å². The number of nitrogens with two attached hydrogens (primary N) is 1. The van der Waals surface area contributed by atoms with Crippen molar-refractivity contribution < 1.29 is 9.53 Å². The van der Waals surface area contributed by atoms with Gasteiger partial charge in [-0.3, -0.25) is 9.36 Å². The highest BCUT2D eigenvalue weighted by Crippen LogP contribution is 2.43. The average Bonchev–Trinajstić information content (AvgIpc) is 3.65. The third-order valence-corrected chi connectivity index (χ3v) is 6.39. The van der Waals surface area contributed by atoms with Crippen molar-refractivity contribution in [2.75, 3.05) is 17.6 Å². The first-order valence-corrected chi connectivity index (χ1v) is 12.8. The van der Waals surface area contributed by atoms with Crippen LogP contribution in [0.2, 0.25) is 5.02 Å². The third-order valence-electron chi connectivity index (χ3n) is 6.07. The largest absolute Gasteiger partial charge is 0.444 e. The molecular formula is C26H31ClN8O3. The van der Waals surface area contributed by atoms with Gasteiger partial charge in [0.2, 0.25) is 5.95 Å². The molecule has 0 unspecified atom stereocenters. The topological polar surface area (TPSA) is 161 Å². The zero-order chi connectivity index (χ0) is 27.6. The highest BCUT2D eigenvalue weighted by molar-refractivity contribution is 6.35. The van der Waals surface area contributed by atoms with Gasteiger partial charge in [0.25, 0.3) is 5.56 Å². The maximum atomic E-state index is 13.7. The number of ether oxygens (including phenoxy) is 1. The Morgan fingerprint density at radius 2 is 2.05 bits per heavy atom. The number of carbonyl (C=O) groups is 1. The maximum Gasteiger partial charge on any atom is 0.407 e. The number of amides is 1. The lowest BCUT2D eigenvalue weighted by atomic mass is 10.1. The zero-order valence-corrected chi connectivity index (χ0v) is 22.6. The molecule has 1 aromatic carbocycles. The van der Waals surface area contributed by atoms with Gasteiger partial charge in [-0.1, -0.05) is 17.7 Å². The predicted octanol–water partition coefficient (Wildman–Crippen LogP) is 4.08. The number of aryl methyl sites for hydroxylation is 1. The number of anilines is 2. The number of hydrogen-bond acceptors (Lipinski definition) is 9. The molecule has 12 heteroatoms. The molecule has 1 aliphatic rings. The first-order valence-electron chi connectivity index (χ1n) is 12.4. The van der Waals surface area contributed by atoms with Crippen LogP contribution in [0.3, 0.4) is 0 Å². The minimum atomic E-state index is -0.610. The van der Waals surface area contributed by atoms with Gasteiger partial charge in [0, 0.05) is 13.1 Å². The van der Waals surface area contributed by atoms with Crippen molar-refractivity contribution in [3.63, 3.8) is 0 Å². The Morgan fingerprint density at radius 1 is 1.32 bits per heavy atom. The molecule has 1 saturated carbocycles. The van der Waals surface area contributed by atoms with Gasteiger partial charge in [-0.05, 0) is 65.0 Å². The van der Waals surface area contributed by atoms with E-state index < -0.39 is 17.7 Å². The summed E-state index contributed by atoms with van der Waals surface area (Å²) in [5.41, 5.74) is 6.21. The maximum absolute atomic E-state index is 13.7. The second kappa shape index (κ2) is 10.8. The van der Waals surface area contributed by atoms with E-state index in [1.54, 1.807) is 50.5 Å². The lowest BCUT2D eigenvalue weighted by molar-refractivity contribution is 0.0526. The van der Waals surface area contributed by atoms with Crippen molar-refractivity contribution in [1.82, 2.24) is 24.8 Å². The summed E-state index contributed by atoms with van der Waals surface area (Å²) in [5, 5.41) is 16.4. The van der Waals surface area contributed by atoms with Crippen molar-refractivity contribution in [1.29, 1.82) is 5.26 Å². The molecule has 2 heterocycles. The second-order valence-corrected chi connectivity index (χ2v) is 10.7. The smallest absolute Gasteiger partial charge is 0.407 e. The van der Waals surface area contributed by atoms with E-state index in [0.717, 1.165) is 12.8 Å². The van der Waals surface area contributed by atoms with Crippen molar-refractivity contribution in [3.05, 3.63) is 50.7 Å². The molecular weight excluding hydrogens is 508 g/mol. The zero-order valence-electron chi connectivity index (χ0n) is 21.8. The summed E-state index contributed by atoms with van der Waals surface area (Å²) in [5.74, 6) is 1.02. The summed E-state index contributed by atoms with van der Waals surface area (Å²) >= 11 is 6.40. The van der Waals surface area contributed by atoms with Gasteiger partial charge in [-0.25, -0.2) is 14.8 Å². The molecule has 11 nitrogen and oxygen atoms in total. The fraction of sp³-hybridized carbons (Fsp3) is 0.462. The fourth-order valence-electron chi connectivity index (χ4n) is 4.24. The van der Waals surface area contributed by atoms with Crippen molar-refractivity contribution in [3.8, 4) is 6.07 Å². The molecule has 4 rings (SSSR count). The second-order valence-electron chi connectivity index (χ2n) is 10.3. The number of aromatic nitrogens is 4. The Balaban J connectivity index is 1.70. The number of carbonyl (C=O) groups excluding carboxylic acids is 1. The normalized spacial score (nSPS) is 14.1. The van der Waals surface area contributed by atoms with Gasteiger partial charge in [0.1, 0.15) is 28.9 Å². The molecule has 0 saturated heterocycles. The summed E-state index contributed by atoms with van der Waals surface area (Å²) in [6.07, 6.45) is 1.76. The van der Waals surface area contributed by atoms with Crippen LogP contribution in [0.5, 0.6) is 0 Å². The molecule has 4 N–H and O–H groups in total. The van der Waals surface area contributed by atoms with Gasteiger partial charge in [-0.15, -0.1) is 0 Å². The number of rotatable bonds is 8. The summed E-state index contributed by atoms with van der Waals surface area (Å²) in [7, 11) is 0. The monoisotopic (exact) mass is 538 g/mol. The summed E-state index contributed by atoms with van der Waals surface area (Å²) < 4.78 is 6.88. The van der Waals surface area contributed by atoms with Gasteiger partial charge < -0.3 is 21.1 Å². The molecule has 38 heavy (non-hydrogen) atoms. The number of nitrogens with one attached hydrogen (secondary N) is 2. The standard InChI is InChI=1S/C26H31ClN8O3/c1-14-16(13-28)21(34-24(29)31-14)33-20(15-9-10-15)22-32-18-8-5-7-17(27)19(18)23(36)35(22)12-6-11-30-25(37)38-26(2,3)4/h5,7-8,15,20H,6,9-12H2,1-4H3,(H,30,37)(H3,29,31,33,34)/t20-/m0/s1. The van der Waals surface area contributed by atoms with Crippen molar-refractivity contribution in [2.45, 2.75) is 65.1 Å². The average molecular weight is 539 g/mol. The summed E-state index contributed by atoms with van der Waals surface area (Å²) in [4.78, 5) is 39.0. The number of nitrogens with zero attached hydrogens (tertiary/aromatic N) is 5. The van der Waals surface area contributed by atoms with Crippen LogP contribution in [0.25, 0.3) is 10.9 Å². The van der Waals surface area contributed by atoms with E-state index in [1.807, 2.05) is 0 Å². The van der Waals surface area contributed by atoms with Crippen LogP contribution in [-0.4, -0.2) is 37.8 Å². The van der Waals surface area contributed by atoms with Crippen LogP contribution >= 0.6 is 11.6 Å². The van der Waals surface area contributed by atoms with Crippen molar-refractivity contribution in [2.24, 2.45) is 5.92 Å². The van der Waals surface area contributed by atoms with E-state index in [9.17, 15) is 14.9 Å². The highest BCUT2D eigenvalue weighted by atomic mass is 35.5. The minimum Gasteiger partial charge on any atom is -0.444 e. The van der Waals surface area contributed by atoms with E-state index in [4.69, 9.17) is 27.1 Å². The highest BCUT2D eigenvalue weighted by Gasteiger charge is 2.36. The van der Waals surface area contributed by atoms with Crippen LogP contribution < -0.4 is 21.9 Å². The number of alkyl carbamates (subject to hydrolysis) is 1. The van der Waals surface area contributed by atoms with Crippen LogP contribution in [-0.2, 0) is 11.3 Å². The van der Waals surface area contributed by atoms with Gasteiger partial charge in [0.15, 0.2) is 0 Å². The number of benzene rings is 1. The van der Waals surface area contributed by atoms with Crippen molar-refractivity contribution >= 4 is 40.4 Å². The van der Waals surface area contributed by atoms with E-state index in [0.29, 0.717) is 46.2 Å². The minimum absolute atomic E-state index is 0.0439. The predicted molar refractivity (Wildman–Crippen MR) is 145 cm³/mol. The van der Waals surface area contributed by atoms with Crippen LogP contribution in [0.15, 0.2) is 23.0 Å². The van der Waals surface area contributed by atoms with E-state index in [2.05, 4.69) is 26.7 Å². The third kappa shape index (κ3) is 6.14. The number of hydrogen-bond donors (Lipinski definition) is 3. The molecule has 0 bridgehead atoms. The lowest BCUT2D eigenvalue weighted by Crippen LogP contribution is -2.34. The Hall–Kier alpha value is -3.91. The molecule has 1 atom stereocenters. The summed E-state index contributed by atoms with van der Waals surface area (Å²) in [6, 6.07) is 6.88. The van der Waals surface area contributed by atoms with Crippen LogP contribution in [0.1, 0.15) is 63.2 Å². The quantitative estimate of drug-likeness (QED) is 0.359. The molecule has 0 spiro atoms. The summed E-state index contributed by atoms with van der Waals surface area (Å²) in [6.45, 7) is 7.63. The first kappa shape index (κ1) is 27.1. The molecule has 3 aromatic rings. The molecule has 200 valence electrons. The lowest BCUT2D eigenvalue weighted by Gasteiger charge is -2.24. The Labute approximate surface area is 225 Å². The number of fused-ring (bicyclic) bond motifs is 1. The Morgan fingerprint density at radius 3 is 2.71 bits per heavy atom. The Kier molecular flexibility index (Phi) is 7.73. The number of nitrogen functional groups attached to an aromatic ring is 1. The fourth-order valence-corrected chi connectivity index (χ4v) is 4.49. The Bertz CT molecular complexity index is 1470. The van der Waals surface area contributed by atoms with Crippen LogP contribution in [0.4, 0.5) is 16.6 Å². The van der Waals surface area contributed by atoms with E-state index >= 15 is 0 Å². The number of halogens is 1. The first-order chi connectivity index (χ1) is 18.0. The van der Waals surface area contributed by atoms with E-state index in [-0.39, 0.29) is 29.5 Å². The SMILES string of the molecule is Cc1nc(N)nc(N[C@H](c2nc3cccc(Cl)c3c(=O)n2CCCNC(=O)OC(C)(C)C)C2CC2)c1C#N. The molecule has 0 radical (unpaired) electrons. The van der Waals surface area contributed by atoms with Gasteiger partial charge >= 0.3 is 6.09 Å². The van der Waals surface area contributed by atoms with Gasteiger partial charge in [-0.2, -0.15) is 10.2 Å². The molecule has 0 aliphatic heterocycles. The van der Waals surface area contributed by atoms with Gasteiger partial charge in [0.05, 0.1) is 27.7 Å². The molecule has 1 aliphatic carbocycles. The molecule has 1 fully saturated rings. The number of nitriles is 1. The van der Waals surface area contributed by atoms with Crippen LogP contribution in [0, 0.1) is 24.2 Å².